The first-order chi connectivity index (χ1) is 16.1. The highest BCUT2D eigenvalue weighted by Gasteiger charge is 2.20. The van der Waals surface area contributed by atoms with E-state index in [0.717, 1.165) is 38.3 Å². The van der Waals surface area contributed by atoms with Crippen LogP contribution in [0, 0.1) is 11.8 Å². The zero-order valence-electron chi connectivity index (χ0n) is 19.5. The monoisotopic (exact) mass is 452 g/mol. The van der Waals surface area contributed by atoms with Crippen LogP contribution in [0.2, 0.25) is 0 Å². The SMILES string of the molecule is CC#CCN1CCN(c2nc(NC)nc(N[C@@H](C)CNC(=O)OCc3ccccc3)n2)CC1. The minimum atomic E-state index is -0.467. The minimum Gasteiger partial charge on any atom is -0.445 e. The van der Waals surface area contributed by atoms with Crippen LogP contribution in [0.25, 0.3) is 0 Å². The maximum atomic E-state index is 12.0. The van der Waals surface area contributed by atoms with Crippen molar-refractivity contribution in [3.8, 4) is 11.8 Å². The van der Waals surface area contributed by atoms with Crippen molar-refractivity contribution in [3.05, 3.63) is 35.9 Å². The van der Waals surface area contributed by atoms with Gasteiger partial charge in [0.15, 0.2) is 0 Å². The lowest BCUT2D eigenvalue weighted by atomic mass is 10.2. The summed E-state index contributed by atoms with van der Waals surface area (Å²) in [5.41, 5.74) is 0.940. The van der Waals surface area contributed by atoms with Gasteiger partial charge in [0.25, 0.3) is 0 Å². The number of piperazine rings is 1. The fraction of sp³-hybridized carbons (Fsp3) is 0.478. The van der Waals surface area contributed by atoms with E-state index in [1.165, 1.54) is 0 Å². The van der Waals surface area contributed by atoms with E-state index in [1.807, 2.05) is 44.2 Å². The average Bonchev–Trinajstić information content (AvgIpc) is 2.85. The molecule has 0 saturated carbocycles. The molecule has 1 amide bonds. The highest BCUT2D eigenvalue weighted by Crippen LogP contribution is 2.16. The van der Waals surface area contributed by atoms with Crippen LogP contribution >= 0.6 is 0 Å². The van der Waals surface area contributed by atoms with Crippen molar-refractivity contribution >= 4 is 23.9 Å². The van der Waals surface area contributed by atoms with Crippen LogP contribution in [0.15, 0.2) is 30.3 Å². The Kier molecular flexibility index (Phi) is 9.08. The van der Waals surface area contributed by atoms with Gasteiger partial charge in [0.2, 0.25) is 17.8 Å². The van der Waals surface area contributed by atoms with E-state index in [0.29, 0.717) is 24.4 Å². The first-order valence-corrected chi connectivity index (χ1v) is 11.1. The van der Waals surface area contributed by atoms with Crippen molar-refractivity contribution < 1.29 is 9.53 Å². The third-order valence-corrected chi connectivity index (χ3v) is 5.12. The predicted octanol–water partition coefficient (Wildman–Crippen LogP) is 1.79. The maximum absolute atomic E-state index is 12.0. The number of hydrogen-bond donors (Lipinski definition) is 3. The molecule has 2 aromatic rings. The predicted molar refractivity (Wildman–Crippen MR) is 129 cm³/mol. The van der Waals surface area contributed by atoms with E-state index in [4.69, 9.17) is 4.74 Å². The molecule has 1 fully saturated rings. The van der Waals surface area contributed by atoms with E-state index >= 15 is 0 Å². The molecule has 33 heavy (non-hydrogen) atoms. The van der Waals surface area contributed by atoms with Crippen molar-refractivity contribution in [2.45, 2.75) is 26.5 Å². The average molecular weight is 453 g/mol. The Hall–Kier alpha value is -3.58. The quantitative estimate of drug-likeness (QED) is 0.491. The second kappa shape index (κ2) is 12.5. The number of carbonyl (C=O) groups excluding carboxylic acids is 1. The maximum Gasteiger partial charge on any atom is 0.407 e. The topological polar surface area (TPSA) is 108 Å². The van der Waals surface area contributed by atoms with E-state index in [9.17, 15) is 4.79 Å². The van der Waals surface area contributed by atoms with E-state index in [2.05, 4.69) is 52.5 Å². The standard InChI is InChI=1S/C23H32N8O2/c1-4-5-11-30-12-14-31(15-13-30)22-28-20(24-3)27-21(29-22)26-18(2)16-25-23(32)33-17-19-9-7-6-8-10-19/h6-10,18H,11-17H2,1-3H3,(H,25,32)(H2,24,26,27,28,29)/t18-/m0/s1. The van der Waals surface area contributed by atoms with Gasteiger partial charge in [0.05, 0.1) is 6.54 Å². The van der Waals surface area contributed by atoms with Gasteiger partial charge in [-0.2, -0.15) is 15.0 Å². The summed E-state index contributed by atoms with van der Waals surface area (Å²) in [4.78, 5) is 30.0. The molecule has 2 heterocycles. The highest BCUT2D eigenvalue weighted by molar-refractivity contribution is 5.67. The number of nitrogens with one attached hydrogen (secondary N) is 3. The van der Waals surface area contributed by atoms with Gasteiger partial charge in [-0.05, 0) is 19.4 Å². The molecule has 0 unspecified atom stereocenters. The Labute approximate surface area is 195 Å². The van der Waals surface area contributed by atoms with E-state index < -0.39 is 6.09 Å². The molecule has 0 aliphatic carbocycles. The van der Waals surface area contributed by atoms with Crippen molar-refractivity contribution in [2.75, 3.05) is 61.8 Å². The third kappa shape index (κ3) is 7.80. The van der Waals surface area contributed by atoms with E-state index in [-0.39, 0.29) is 12.6 Å². The molecule has 0 radical (unpaired) electrons. The summed E-state index contributed by atoms with van der Waals surface area (Å²) in [5, 5.41) is 8.99. The Morgan fingerprint density at radius 2 is 1.85 bits per heavy atom. The van der Waals surface area contributed by atoms with Crippen LogP contribution in [-0.4, -0.2) is 78.3 Å². The zero-order chi connectivity index (χ0) is 23.5. The molecule has 1 saturated heterocycles. The number of ether oxygens (including phenoxy) is 1. The normalized spacial score (nSPS) is 14.6. The van der Waals surface area contributed by atoms with Crippen molar-refractivity contribution in [2.24, 2.45) is 0 Å². The molecular weight excluding hydrogens is 420 g/mol. The Morgan fingerprint density at radius 1 is 1.12 bits per heavy atom. The number of carbonyl (C=O) groups is 1. The molecule has 0 bridgehead atoms. The summed E-state index contributed by atoms with van der Waals surface area (Å²) in [5.74, 6) is 7.63. The van der Waals surface area contributed by atoms with Crippen molar-refractivity contribution in [1.29, 1.82) is 0 Å². The number of nitrogens with zero attached hydrogens (tertiary/aromatic N) is 5. The molecular formula is C23H32N8O2. The van der Waals surface area contributed by atoms with Crippen LogP contribution in [0.5, 0.6) is 0 Å². The number of aromatic nitrogens is 3. The number of amides is 1. The number of anilines is 3. The number of hydrogen-bond acceptors (Lipinski definition) is 9. The molecule has 1 aromatic heterocycles. The van der Waals surface area contributed by atoms with Gasteiger partial charge < -0.3 is 25.6 Å². The van der Waals surface area contributed by atoms with Gasteiger partial charge in [-0.25, -0.2) is 4.79 Å². The van der Waals surface area contributed by atoms with Gasteiger partial charge in [0, 0.05) is 45.8 Å². The molecule has 1 aliphatic heterocycles. The summed E-state index contributed by atoms with van der Waals surface area (Å²) in [6.45, 7) is 8.63. The van der Waals surface area contributed by atoms with Gasteiger partial charge in [0.1, 0.15) is 6.61 Å². The van der Waals surface area contributed by atoms with Crippen LogP contribution in [0.4, 0.5) is 22.6 Å². The van der Waals surface area contributed by atoms with Crippen LogP contribution in [0.3, 0.4) is 0 Å². The minimum absolute atomic E-state index is 0.112. The Balaban J connectivity index is 1.50. The molecule has 10 nitrogen and oxygen atoms in total. The fourth-order valence-electron chi connectivity index (χ4n) is 3.26. The smallest absolute Gasteiger partial charge is 0.407 e. The van der Waals surface area contributed by atoms with Crippen molar-refractivity contribution in [1.82, 2.24) is 25.2 Å². The van der Waals surface area contributed by atoms with Crippen LogP contribution in [-0.2, 0) is 11.3 Å². The van der Waals surface area contributed by atoms with Crippen LogP contribution < -0.4 is 20.9 Å². The molecule has 1 aliphatic rings. The Bertz CT molecular complexity index is 952. The molecule has 0 spiro atoms. The molecule has 1 atom stereocenters. The lowest BCUT2D eigenvalue weighted by molar-refractivity contribution is 0.139. The molecule has 1 aromatic carbocycles. The largest absolute Gasteiger partial charge is 0.445 e. The summed E-state index contributed by atoms with van der Waals surface area (Å²) in [6, 6.07) is 9.45. The van der Waals surface area contributed by atoms with Gasteiger partial charge >= 0.3 is 6.09 Å². The zero-order valence-corrected chi connectivity index (χ0v) is 19.5. The van der Waals surface area contributed by atoms with Crippen LogP contribution in [0.1, 0.15) is 19.4 Å². The molecule has 176 valence electrons. The van der Waals surface area contributed by atoms with Crippen molar-refractivity contribution in [3.63, 3.8) is 0 Å². The lowest BCUT2D eigenvalue weighted by Gasteiger charge is -2.33. The molecule has 10 heteroatoms. The Morgan fingerprint density at radius 3 is 2.55 bits per heavy atom. The van der Waals surface area contributed by atoms with Gasteiger partial charge in [-0.1, -0.05) is 36.3 Å². The lowest BCUT2D eigenvalue weighted by Crippen LogP contribution is -2.47. The van der Waals surface area contributed by atoms with E-state index in [1.54, 1.807) is 7.05 Å². The third-order valence-electron chi connectivity index (χ3n) is 5.12. The molecule has 3 rings (SSSR count). The second-order valence-corrected chi connectivity index (χ2v) is 7.71. The summed E-state index contributed by atoms with van der Waals surface area (Å²) >= 11 is 0. The number of rotatable bonds is 9. The second-order valence-electron chi connectivity index (χ2n) is 7.71. The summed E-state index contributed by atoms with van der Waals surface area (Å²) < 4.78 is 5.25. The highest BCUT2D eigenvalue weighted by atomic mass is 16.5. The van der Waals surface area contributed by atoms with Gasteiger partial charge in [-0.15, -0.1) is 5.92 Å². The van der Waals surface area contributed by atoms with Gasteiger partial charge in [-0.3, -0.25) is 4.90 Å². The number of benzene rings is 1. The fourth-order valence-corrected chi connectivity index (χ4v) is 3.26. The first-order valence-electron chi connectivity index (χ1n) is 11.1. The number of alkyl carbamates (subject to hydrolysis) is 1. The first kappa shape index (κ1) is 24.1. The summed E-state index contributed by atoms with van der Waals surface area (Å²) in [6.07, 6.45) is -0.467. The molecule has 3 N–H and O–H groups in total. The summed E-state index contributed by atoms with van der Waals surface area (Å²) in [7, 11) is 1.78.